The van der Waals surface area contributed by atoms with Crippen LogP contribution in [0.2, 0.25) is 10.0 Å². The first-order valence-corrected chi connectivity index (χ1v) is 11.1. The monoisotopic (exact) mass is 448 g/mol. The molecule has 1 aromatic carbocycles. The summed E-state index contributed by atoms with van der Waals surface area (Å²) in [5, 5.41) is 7.88. The average Bonchev–Trinajstić information content (AvgIpc) is 2.79. The highest BCUT2D eigenvalue weighted by atomic mass is 35.5. The van der Waals surface area contributed by atoms with Crippen molar-refractivity contribution >= 4 is 40.9 Å². The summed E-state index contributed by atoms with van der Waals surface area (Å²) in [6, 6.07) is 7.27. The van der Waals surface area contributed by atoms with Gasteiger partial charge in [-0.3, -0.25) is 4.79 Å². The largest absolute Gasteiger partial charge is 0.366 e. The fourth-order valence-corrected chi connectivity index (χ4v) is 4.34. The van der Waals surface area contributed by atoms with Crippen molar-refractivity contribution in [3.05, 3.63) is 46.1 Å². The average molecular weight is 449 g/mol. The number of halogens is 2. The van der Waals surface area contributed by atoms with Gasteiger partial charge in [0.25, 0.3) is 0 Å². The Hall–Kier alpha value is -2.09. The molecular formula is C21H26Cl2N6O. The molecule has 3 heterocycles. The molecule has 2 aromatic rings. The summed E-state index contributed by atoms with van der Waals surface area (Å²) in [5.41, 5.74) is 0.949. The molecule has 30 heavy (non-hydrogen) atoms. The van der Waals surface area contributed by atoms with Gasteiger partial charge in [0.05, 0.1) is 6.04 Å². The predicted molar refractivity (Wildman–Crippen MR) is 120 cm³/mol. The van der Waals surface area contributed by atoms with Crippen molar-refractivity contribution in [1.29, 1.82) is 0 Å². The van der Waals surface area contributed by atoms with Crippen molar-refractivity contribution in [2.24, 2.45) is 0 Å². The van der Waals surface area contributed by atoms with Gasteiger partial charge in [0, 0.05) is 49.0 Å². The number of nitrogens with one attached hydrogen (secondary N) is 2. The summed E-state index contributed by atoms with van der Waals surface area (Å²) in [7, 11) is 0. The number of hydrogen-bond donors (Lipinski definition) is 2. The Labute approximate surface area is 186 Å². The Morgan fingerprint density at radius 3 is 2.73 bits per heavy atom. The van der Waals surface area contributed by atoms with Crippen molar-refractivity contribution in [1.82, 2.24) is 20.2 Å². The molecule has 0 spiro atoms. The third-order valence-electron chi connectivity index (χ3n) is 5.60. The molecule has 0 radical (unpaired) electrons. The smallest absolute Gasteiger partial charge is 0.239 e. The molecule has 0 bridgehead atoms. The lowest BCUT2D eigenvalue weighted by molar-refractivity contribution is -0.134. The quantitative estimate of drug-likeness (QED) is 0.731. The van der Waals surface area contributed by atoms with Gasteiger partial charge < -0.3 is 20.4 Å². The Balaban J connectivity index is 1.32. The van der Waals surface area contributed by atoms with Gasteiger partial charge in [-0.25, -0.2) is 4.98 Å². The van der Waals surface area contributed by atoms with Crippen LogP contribution in [-0.2, 0) is 11.3 Å². The van der Waals surface area contributed by atoms with Crippen LogP contribution in [0.15, 0.2) is 30.5 Å². The van der Waals surface area contributed by atoms with E-state index in [0.29, 0.717) is 35.6 Å². The van der Waals surface area contributed by atoms with Crippen molar-refractivity contribution in [2.75, 3.05) is 42.9 Å². The van der Waals surface area contributed by atoms with Gasteiger partial charge >= 0.3 is 0 Å². The molecule has 1 unspecified atom stereocenters. The number of amides is 1. The van der Waals surface area contributed by atoms with E-state index in [1.165, 1.54) is 0 Å². The normalized spacial score (nSPS) is 19.6. The lowest BCUT2D eigenvalue weighted by Crippen LogP contribution is -2.55. The van der Waals surface area contributed by atoms with Crippen LogP contribution in [0, 0.1) is 0 Å². The highest BCUT2D eigenvalue weighted by molar-refractivity contribution is 6.35. The van der Waals surface area contributed by atoms with E-state index in [2.05, 4.69) is 25.5 Å². The number of benzene rings is 1. The molecule has 9 heteroatoms. The second-order valence-corrected chi connectivity index (χ2v) is 8.49. The molecule has 2 fully saturated rings. The predicted octanol–water partition coefficient (Wildman–Crippen LogP) is 3.19. The van der Waals surface area contributed by atoms with Gasteiger partial charge in [-0.2, -0.15) is 4.98 Å². The van der Waals surface area contributed by atoms with E-state index in [1.807, 2.05) is 23.1 Å². The van der Waals surface area contributed by atoms with Crippen molar-refractivity contribution < 1.29 is 4.79 Å². The molecule has 1 atom stereocenters. The Bertz CT molecular complexity index is 882. The highest BCUT2D eigenvalue weighted by Crippen LogP contribution is 2.22. The minimum atomic E-state index is -0.0197. The van der Waals surface area contributed by atoms with E-state index in [4.69, 9.17) is 23.2 Å². The van der Waals surface area contributed by atoms with Crippen LogP contribution in [0.4, 0.5) is 11.8 Å². The van der Waals surface area contributed by atoms with Crippen LogP contribution in [0.1, 0.15) is 24.8 Å². The van der Waals surface area contributed by atoms with E-state index in [9.17, 15) is 4.79 Å². The summed E-state index contributed by atoms with van der Waals surface area (Å²) < 4.78 is 0. The molecule has 0 saturated carbocycles. The number of nitrogens with zero attached hydrogens (tertiary/aromatic N) is 4. The number of carbonyl (C=O) groups excluding carboxylic acids is 1. The highest BCUT2D eigenvalue weighted by Gasteiger charge is 2.28. The van der Waals surface area contributed by atoms with Crippen molar-refractivity contribution in [3.63, 3.8) is 0 Å². The Morgan fingerprint density at radius 2 is 2.00 bits per heavy atom. The lowest BCUT2D eigenvalue weighted by atomic mass is 10.0. The van der Waals surface area contributed by atoms with E-state index in [0.717, 1.165) is 50.3 Å². The summed E-state index contributed by atoms with van der Waals surface area (Å²) in [4.78, 5) is 25.8. The van der Waals surface area contributed by atoms with E-state index in [1.54, 1.807) is 12.3 Å². The minimum absolute atomic E-state index is 0.0197. The van der Waals surface area contributed by atoms with Crippen LogP contribution >= 0.6 is 23.2 Å². The molecule has 160 valence electrons. The summed E-state index contributed by atoms with van der Waals surface area (Å²) in [6.07, 6.45) is 4.97. The van der Waals surface area contributed by atoms with E-state index >= 15 is 0 Å². The van der Waals surface area contributed by atoms with Crippen molar-refractivity contribution in [2.45, 2.75) is 31.8 Å². The molecule has 2 saturated heterocycles. The number of hydrogen-bond acceptors (Lipinski definition) is 6. The second-order valence-electron chi connectivity index (χ2n) is 7.65. The van der Waals surface area contributed by atoms with Gasteiger partial charge in [0.1, 0.15) is 5.82 Å². The number of piperidine rings is 1. The number of aromatic nitrogens is 2. The van der Waals surface area contributed by atoms with Crippen LogP contribution in [-0.4, -0.2) is 59.5 Å². The second kappa shape index (κ2) is 9.81. The molecule has 2 N–H and O–H groups in total. The maximum absolute atomic E-state index is 12.7. The van der Waals surface area contributed by atoms with Crippen LogP contribution in [0.5, 0.6) is 0 Å². The summed E-state index contributed by atoms with van der Waals surface area (Å²) in [6.45, 7) is 4.32. The molecule has 7 nitrogen and oxygen atoms in total. The zero-order chi connectivity index (χ0) is 20.9. The first-order valence-electron chi connectivity index (χ1n) is 10.4. The van der Waals surface area contributed by atoms with Gasteiger partial charge in [-0.15, -0.1) is 0 Å². The number of piperazine rings is 1. The maximum Gasteiger partial charge on any atom is 0.239 e. The first kappa shape index (κ1) is 21.2. The zero-order valence-corrected chi connectivity index (χ0v) is 18.3. The zero-order valence-electron chi connectivity index (χ0n) is 16.8. The molecule has 4 rings (SSSR count). The summed E-state index contributed by atoms with van der Waals surface area (Å²) in [5.74, 6) is 1.63. The van der Waals surface area contributed by atoms with Gasteiger partial charge in [0.2, 0.25) is 11.9 Å². The van der Waals surface area contributed by atoms with Gasteiger partial charge in [-0.05, 0) is 43.1 Å². The van der Waals surface area contributed by atoms with Crippen molar-refractivity contribution in [3.8, 4) is 0 Å². The third-order valence-corrected chi connectivity index (χ3v) is 6.19. The van der Waals surface area contributed by atoms with E-state index < -0.39 is 0 Å². The van der Waals surface area contributed by atoms with E-state index in [-0.39, 0.29) is 11.9 Å². The minimum Gasteiger partial charge on any atom is -0.366 e. The Morgan fingerprint density at radius 1 is 1.17 bits per heavy atom. The number of carbonyl (C=O) groups is 1. The lowest BCUT2D eigenvalue weighted by Gasteiger charge is -2.37. The number of anilines is 2. The first-order chi connectivity index (χ1) is 14.6. The van der Waals surface area contributed by atoms with Crippen LogP contribution in [0.3, 0.4) is 0 Å². The molecule has 2 aliphatic rings. The molecule has 2 aliphatic heterocycles. The molecule has 0 aliphatic carbocycles. The van der Waals surface area contributed by atoms with Crippen LogP contribution in [0.25, 0.3) is 0 Å². The SMILES string of the molecule is O=C(C1CCCCN1)N1CCN(c2nccc(NCc3ccc(Cl)cc3Cl)n2)CC1. The summed E-state index contributed by atoms with van der Waals surface area (Å²) >= 11 is 12.2. The maximum atomic E-state index is 12.7. The molecule has 1 amide bonds. The standard InChI is InChI=1S/C21H26Cl2N6O/c22-16-5-4-15(17(23)13-16)14-26-19-6-8-25-21(27-19)29-11-9-28(10-12-29)20(30)18-3-1-2-7-24-18/h4-6,8,13,18,24H,1-3,7,9-12,14H2,(H,25,26,27). The molecular weight excluding hydrogens is 423 g/mol. The van der Waals surface area contributed by atoms with Crippen LogP contribution < -0.4 is 15.5 Å². The fourth-order valence-electron chi connectivity index (χ4n) is 3.86. The molecule has 1 aromatic heterocycles. The van der Waals surface area contributed by atoms with Gasteiger partial charge in [0.15, 0.2) is 0 Å². The Kier molecular flexibility index (Phi) is 6.92. The fraction of sp³-hybridized carbons (Fsp3) is 0.476. The topological polar surface area (TPSA) is 73.4 Å². The third kappa shape index (κ3) is 5.14. The van der Waals surface area contributed by atoms with Gasteiger partial charge in [-0.1, -0.05) is 35.7 Å². The number of rotatable bonds is 5.